The van der Waals surface area contributed by atoms with Crippen LogP contribution in [0.15, 0.2) is 0 Å². The van der Waals surface area contributed by atoms with Crippen molar-refractivity contribution in [3.05, 3.63) is 0 Å². The molecule has 2 N–H and O–H groups in total. The molecule has 62 valence electrons. The maximum atomic E-state index is 10.7. The molecule has 2 rings (SSSR count). The molecule has 2 aliphatic heterocycles. The van der Waals surface area contributed by atoms with Gasteiger partial charge in [0.1, 0.15) is 12.2 Å². The van der Waals surface area contributed by atoms with E-state index in [1.807, 2.05) is 0 Å². The van der Waals surface area contributed by atoms with Gasteiger partial charge >= 0.3 is 5.97 Å². The molecule has 4 atom stereocenters. The Hall–Kier alpha value is -0.650. The SMILES string of the molecule is O=C1O[C@@H]2CC(O)O[C@@H]2[C@H]1O. The van der Waals surface area contributed by atoms with E-state index < -0.39 is 30.6 Å². The molecule has 0 bridgehead atoms. The summed E-state index contributed by atoms with van der Waals surface area (Å²) in [5.74, 6) is -0.660. The minimum absolute atomic E-state index is 0.257. The van der Waals surface area contributed by atoms with Crippen LogP contribution >= 0.6 is 0 Å². The summed E-state index contributed by atoms with van der Waals surface area (Å²) in [5, 5.41) is 18.0. The van der Waals surface area contributed by atoms with Crippen molar-refractivity contribution in [2.45, 2.75) is 31.0 Å². The van der Waals surface area contributed by atoms with Crippen molar-refractivity contribution in [2.24, 2.45) is 0 Å². The minimum atomic E-state index is -1.22. The van der Waals surface area contributed by atoms with E-state index in [0.29, 0.717) is 0 Å². The Bertz CT molecular complexity index is 191. The van der Waals surface area contributed by atoms with Crippen molar-refractivity contribution in [3.63, 3.8) is 0 Å². The van der Waals surface area contributed by atoms with Gasteiger partial charge in [-0.2, -0.15) is 0 Å². The normalized spacial score (nSPS) is 49.1. The number of carbonyl (C=O) groups excluding carboxylic acids is 1. The average molecular weight is 160 g/mol. The topological polar surface area (TPSA) is 76.0 Å². The van der Waals surface area contributed by atoms with E-state index in [9.17, 15) is 4.79 Å². The zero-order valence-electron chi connectivity index (χ0n) is 5.64. The number of aliphatic hydroxyl groups is 2. The van der Waals surface area contributed by atoms with Crippen molar-refractivity contribution < 1.29 is 24.5 Å². The number of aliphatic hydroxyl groups excluding tert-OH is 2. The summed E-state index contributed by atoms with van der Waals surface area (Å²) in [6.07, 6.45) is -3.01. The molecule has 0 aromatic rings. The molecule has 0 radical (unpaired) electrons. The first-order valence-corrected chi connectivity index (χ1v) is 3.40. The summed E-state index contributed by atoms with van der Waals surface area (Å²) in [4.78, 5) is 10.7. The number of carbonyl (C=O) groups is 1. The van der Waals surface area contributed by atoms with E-state index in [1.165, 1.54) is 0 Å². The lowest BCUT2D eigenvalue weighted by molar-refractivity contribution is -0.154. The van der Waals surface area contributed by atoms with Gasteiger partial charge in [0.25, 0.3) is 0 Å². The lowest BCUT2D eigenvalue weighted by Crippen LogP contribution is -2.29. The summed E-state index contributed by atoms with van der Waals surface area (Å²) in [7, 11) is 0. The molecule has 0 spiro atoms. The second-order valence-corrected chi connectivity index (χ2v) is 2.71. The van der Waals surface area contributed by atoms with Gasteiger partial charge < -0.3 is 19.7 Å². The summed E-state index contributed by atoms with van der Waals surface area (Å²) < 4.78 is 9.52. The third-order valence-electron chi connectivity index (χ3n) is 1.93. The number of rotatable bonds is 0. The Labute approximate surface area is 62.5 Å². The van der Waals surface area contributed by atoms with Crippen LogP contribution in [0.3, 0.4) is 0 Å². The predicted molar refractivity (Wildman–Crippen MR) is 31.4 cm³/mol. The van der Waals surface area contributed by atoms with Crippen LogP contribution in [0.4, 0.5) is 0 Å². The van der Waals surface area contributed by atoms with Crippen molar-refractivity contribution >= 4 is 5.97 Å². The van der Waals surface area contributed by atoms with E-state index in [-0.39, 0.29) is 6.42 Å². The zero-order valence-corrected chi connectivity index (χ0v) is 5.64. The number of hydrogen-bond donors (Lipinski definition) is 2. The fourth-order valence-corrected chi connectivity index (χ4v) is 1.40. The Kier molecular flexibility index (Phi) is 1.38. The second-order valence-electron chi connectivity index (χ2n) is 2.71. The maximum absolute atomic E-state index is 10.7. The molecule has 2 aliphatic rings. The highest BCUT2D eigenvalue weighted by Gasteiger charge is 2.50. The molecule has 0 aromatic heterocycles. The summed E-state index contributed by atoms with van der Waals surface area (Å²) >= 11 is 0. The third-order valence-corrected chi connectivity index (χ3v) is 1.93. The number of fused-ring (bicyclic) bond motifs is 1. The van der Waals surface area contributed by atoms with Gasteiger partial charge in [-0.1, -0.05) is 0 Å². The largest absolute Gasteiger partial charge is 0.457 e. The van der Waals surface area contributed by atoms with E-state index in [2.05, 4.69) is 0 Å². The Morgan fingerprint density at radius 1 is 1.45 bits per heavy atom. The van der Waals surface area contributed by atoms with Crippen LogP contribution in [0.25, 0.3) is 0 Å². The first-order valence-electron chi connectivity index (χ1n) is 3.40. The fourth-order valence-electron chi connectivity index (χ4n) is 1.40. The number of hydrogen-bond acceptors (Lipinski definition) is 5. The highest BCUT2D eigenvalue weighted by atomic mass is 16.7. The maximum Gasteiger partial charge on any atom is 0.338 e. The van der Waals surface area contributed by atoms with E-state index in [1.54, 1.807) is 0 Å². The van der Waals surface area contributed by atoms with Gasteiger partial charge in [0.05, 0.1) is 0 Å². The first kappa shape index (κ1) is 7.02. The van der Waals surface area contributed by atoms with E-state index in [0.717, 1.165) is 0 Å². The molecule has 2 saturated heterocycles. The van der Waals surface area contributed by atoms with Crippen LogP contribution in [0, 0.1) is 0 Å². The lowest BCUT2D eigenvalue weighted by atomic mass is 10.1. The highest BCUT2D eigenvalue weighted by molar-refractivity contribution is 5.77. The van der Waals surface area contributed by atoms with E-state index in [4.69, 9.17) is 19.7 Å². The van der Waals surface area contributed by atoms with Gasteiger partial charge in [-0.25, -0.2) is 4.79 Å². The van der Waals surface area contributed by atoms with Gasteiger partial charge in [0.2, 0.25) is 0 Å². The second kappa shape index (κ2) is 2.17. The monoisotopic (exact) mass is 160 g/mol. The van der Waals surface area contributed by atoms with Gasteiger partial charge in [-0.3, -0.25) is 0 Å². The summed E-state index contributed by atoms with van der Waals surface area (Å²) in [5.41, 5.74) is 0. The smallest absolute Gasteiger partial charge is 0.338 e. The van der Waals surface area contributed by atoms with Gasteiger partial charge in [-0.05, 0) is 0 Å². The molecule has 1 unspecified atom stereocenters. The van der Waals surface area contributed by atoms with Gasteiger partial charge in [-0.15, -0.1) is 0 Å². The molecule has 11 heavy (non-hydrogen) atoms. The Morgan fingerprint density at radius 3 is 2.82 bits per heavy atom. The van der Waals surface area contributed by atoms with Crippen LogP contribution in [0.2, 0.25) is 0 Å². The molecule has 2 heterocycles. The quantitative estimate of drug-likeness (QED) is 0.416. The molecule has 0 aromatic carbocycles. The van der Waals surface area contributed by atoms with Crippen molar-refractivity contribution in [2.75, 3.05) is 0 Å². The molecule has 5 heteroatoms. The fraction of sp³-hybridized carbons (Fsp3) is 0.833. The van der Waals surface area contributed by atoms with Crippen LogP contribution in [0.5, 0.6) is 0 Å². The van der Waals surface area contributed by atoms with Gasteiger partial charge in [0.15, 0.2) is 12.4 Å². The molecule has 0 amide bonds. The molecule has 0 aliphatic carbocycles. The van der Waals surface area contributed by atoms with Crippen LogP contribution in [-0.4, -0.2) is 40.8 Å². The first-order chi connectivity index (χ1) is 5.18. The average Bonchev–Trinajstić information content (AvgIpc) is 2.37. The number of esters is 1. The highest BCUT2D eigenvalue weighted by Crippen LogP contribution is 2.30. The number of ether oxygens (including phenoxy) is 2. The van der Waals surface area contributed by atoms with Crippen LogP contribution < -0.4 is 0 Å². The zero-order chi connectivity index (χ0) is 8.01. The van der Waals surface area contributed by atoms with Gasteiger partial charge in [0, 0.05) is 6.42 Å². The van der Waals surface area contributed by atoms with Crippen LogP contribution in [0.1, 0.15) is 6.42 Å². The van der Waals surface area contributed by atoms with E-state index >= 15 is 0 Å². The summed E-state index contributed by atoms with van der Waals surface area (Å²) in [6, 6.07) is 0. The molecule has 2 fully saturated rings. The third kappa shape index (κ3) is 0.926. The Morgan fingerprint density at radius 2 is 2.18 bits per heavy atom. The molecule has 0 saturated carbocycles. The molecular weight excluding hydrogens is 152 g/mol. The molecule has 5 nitrogen and oxygen atoms in total. The molecular formula is C6H8O5. The summed E-state index contributed by atoms with van der Waals surface area (Å²) in [6.45, 7) is 0. The lowest BCUT2D eigenvalue weighted by Gasteiger charge is -2.07. The van der Waals surface area contributed by atoms with Crippen molar-refractivity contribution in [1.29, 1.82) is 0 Å². The Balaban J connectivity index is 2.13. The van der Waals surface area contributed by atoms with Crippen molar-refractivity contribution in [3.8, 4) is 0 Å². The minimum Gasteiger partial charge on any atom is -0.457 e. The van der Waals surface area contributed by atoms with Crippen LogP contribution in [-0.2, 0) is 14.3 Å². The standard InChI is InChI=1S/C6H8O5/c7-3-1-2-5(11-3)4(8)6(9)10-2/h2-5,7-8H,1H2/t2-,3?,4-,5+/m1/s1. The predicted octanol–water partition coefficient (Wildman–Crippen LogP) is -1.62. The van der Waals surface area contributed by atoms with Crippen molar-refractivity contribution in [1.82, 2.24) is 0 Å².